The SMILES string of the molecule is O=C(O)c1ccc(N[C@@H]2O[C@@H](CO)[C@@H](O)[C@H]2O)cc1. The smallest absolute Gasteiger partial charge is 0.335 e. The number of carboxylic acid groups (broad SMARTS) is 1. The van der Waals surface area contributed by atoms with E-state index < -0.39 is 37.1 Å². The number of anilines is 1. The predicted molar refractivity (Wildman–Crippen MR) is 64.8 cm³/mol. The molecule has 19 heavy (non-hydrogen) atoms. The van der Waals surface area contributed by atoms with E-state index in [4.69, 9.17) is 14.9 Å². The van der Waals surface area contributed by atoms with E-state index in [1.54, 1.807) is 0 Å². The summed E-state index contributed by atoms with van der Waals surface area (Å²) in [4.78, 5) is 10.7. The summed E-state index contributed by atoms with van der Waals surface area (Å²) in [6.07, 6.45) is -4.04. The molecule has 4 atom stereocenters. The van der Waals surface area contributed by atoms with Gasteiger partial charge in [-0.15, -0.1) is 0 Å². The van der Waals surface area contributed by atoms with Crippen molar-refractivity contribution < 1.29 is 30.0 Å². The first-order chi connectivity index (χ1) is 9.02. The Hall–Kier alpha value is -1.67. The van der Waals surface area contributed by atoms with Crippen molar-refractivity contribution >= 4 is 11.7 Å². The van der Waals surface area contributed by atoms with Crippen molar-refractivity contribution in [3.8, 4) is 0 Å². The Morgan fingerprint density at radius 2 is 1.84 bits per heavy atom. The summed E-state index contributed by atoms with van der Waals surface area (Å²) >= 11 is 0. The van der Waals surface area contributed by atoms with E-state index in [-0.39, 0.29) is 5.56 Å². The molecule has 0 aliphatic carbocycles. The second kappa shape index (κ2) is 5.54. The normalized spacial score (nSPS) is 30.3. The van der Waals surface area contributed by atoms with Crippen LogP contribution in [0.5, 0.6) is 0 Å². The van der Waals surface area contributed by atoms with Gasteiger partial charge in [-0.2, -0.15) is 0 Å². The standard InChI is InChI=1S/C12H15NO6/c14-5-8-9(15)10(16)11(19-8)13-7-3-1-6(2-4-7)12(17)18/h1-4,8-11,13-16H,5H2,(H,17,18)/t8-,9+,10+,11+/m0/s1. The second-order valence-corrected chi connectivity index (χ2v) is 4.29. The molecule has 1 aromatic rings. The van der Waals surface area contributed by atoms with Gasteiger partial charge in [-0.1, -0.05) is 0 Å². The van der Waals surface area contributed by atoms with Gasteiger partial charge in [-0.25, -0.2) is 4.79 Å². The number of rotatable bonds is 4. The Bertz CT molecular complexity index is 448. The van der Waals surface area contributed by atoms with Crippen LogP contribution in [0.3, 0.4) is 0 Å². The number of benzene rings is 1. The number of hydrogen-bond donors (Lipinski definition) is 5. The molecule has 5 N–H and O–H groups in total. The first-order valence-corrected chi connectivity index (χ1v) is 5.75. The number of carboxylic acids is 1. The first kappa shape index (κ1) is 13.8. The van der Waals surface area contributed by atoms with E-state index in [9.17, 15) is 15.0 Å². The minimum absolute atomic E-state index is 0.145. The molecule has 0 amide bonds. The van der Waals surface area contributed by atoms with Crippen molar-refractivity contribution in [2.75, 3.05) is 11.9 Å². The third kappa shape index (κ3) is 2.85. The van der Waals surface area contributed by atoms with Gasteiger partial charge in [0.05, 0.1) is 12.2 Å². The van der Waals surface area contributed by atoms with Crippen LogP contribution in [0.15, 0.2) is 24.3 Å². The van der Waals surface area contributed by atoms with E-state index in [2.05, 4.69) is 5.32 Å². The molecule has 1 aliphatic rings. The van der Waals surface area contributed by atoms with Crippen molar-refractivity contribution in [3.63, 3.8) is 0 Å². The molecule has 0 radical (unpaired) electrons. The average Bonchev–Trinajstić information content (AvgIpc) is 2.67. The molecule has 2 rings (SSSR count). The highest BCUT2D eigenvalue weighted by Crippen LogP contribution is 2.23. The fourth-order valence-corrected chi connectivity index (χ4v) is 1.89. The first-order valence-electron chi connectivity index (χ1n) is 5.75. The van der Waals surface area contributed by atoms with Crippen LogP contribution in [0.4, 0.5) is 5.69 Å². The Morgan fingerprint density at radius 1 is 1.21 bits per heavy atom. The van der Waals surface area contributed by atoms with Crippen molar-refractivity contribution in [3.05, 3.63) is 29.8 Å². The highest BCUT2D eigenvalue weighted by molar-refractivity contribution is 5.87. The van der Waals surface area contributed by atoms with Crippen LogP contribution in [-0.2, 0) is 4.74 Å². The summed E-state index contributed by atoms with van der Waals surface area (Å²) in [7, 11) is 0. The van der Waals surface area contributed by atoms with E-state index in [0.717, 1.165) is 0 Å². The number of aromatic carboxylic acids is 1. The number of ether oxygens (including phenoxy) is 1. The van der Waals surface area contributed by atoms with Crippen molar-refractivity contribution in [1.29, 1.82) is 0 Å². The number of hydrogen-bond acceptors (Lipinski definition) is 6. The maximum atomic E-state index is 10.7. The van der Waals surface area contributed by atoms with Crippen LogP contribution in [-0.4, -0.2) is 57.5 Å². The van der Waals surface area contributed by atoms with E-state index in [1.807, 2.05) is 0 Å². The quantitative estimate of drug-likeness (QED) is 0.487. The third-order valence-corrected chi connectivity index (χ3v) is 2.98. The second-order valence-electron chi connectivity index (χ2n) is 4.29. The van der Waals surface area contributed by atoms with Crippen molar-refractivity contribution in [2.45, 2.75) is 24.5 Å². The van der Waals surface area contributed by atoms with Gasteiger partial charge >= 0.3 is 5.97 Å². The molecule has 0 saturated carbocycles. The summed E-state index contributed by atoms with van der Waals surface area (Å²) in [5, 5.41) is 39.8. The third-order valence-electron chi connectivity index (χ3n) is 2.98. The molecule has 1 aliphatic heterocycles. The van der Waals surface area contributed by atoms with Gasteiger partial charge in [0, 0.05) is 5.69 Å². The predicted octanol–water partition coefficient (Wildman–Crippen LogP) is -0.764. The lowest BCUT2D eigenvalue weighted by Crippen LogP contribution is -2.36. The Kier molecular flexibility index (Phi) is 4.01. The van der Waals surface area contributed by atoms with Crippen LogP contribution >= 0.6 is 0 Å². The molecule has 1 fully saturated rings. The number of carbonyl (C=O) groups is 1. The van der Waals surface area contributed by atoms with Crippen molar-refractivity contribution in [2.24, 2.45) is 0 Å². The lowest BCUT2D eigenvalue weighted by molar-refractivity contribution is -0.0153. The summed E-state index contributed by atoms with van der Waals surface area (Å²) < 4.78 is 5.24. The zero-order valence-corrected chi connectivity index (χ0v) is 9.93. The maximum Gasteiger partial charge on any atom is 0.335 e. The van der Waals surface area contributed by atoms with Gasteiger partial charge in [0.25, 0.3) is 0 Å². The fourth-order valence-electron chi connectivity index (χ4n) is 1.89. The molecule has 104 valence electrons. The Labute approximate surface area is 109 Å². The lowest BCUT2D eigenvalue weighted by Gasteiger charge is -2.17. The number of aliphatic hydroxyl groups excluding tert-OH is 3. The minimum atomic E-state index is -1.17. The number of aliphatic hydroxyl groups is 3. The van der Waals surface area contributed by atoms with Gasteiger partial charge in [0.2, 0.25) is 0 Å². The Balaban J connectivity index is 2.03. The molecule has 0 bridgehead atoms. The number of nitrogens with one attached hydrogen (secondary N) is 1. The Morgan fingerprint density at radius 3 is 2.32 bits per heavy atom. The molecule has 0 aromatic heterocycles. The summed E-state index contributed by atoms with van der Waals surface area (Å²) in [5.74, 6) is -1.03. The van der Waals surface area contributed by atoms with Gasteiger partial charge in [0.15, 0.2) is 6.23 Å². The molecule has 1 aromatic carbocycles. The molecule has 7 heteroatoms. The van der Waals surface area contributed by atoms with Crippen molar-refractivity contribution in [1.82, 2.24) is 0 Å². The molecular formula is C12H15NO6. The largest absolute Gasteiger partial charge is 0.478 e. The zero-order chi connectivity index (χ0) is 14.0. The van der Waals surface area contributed by atoms with E-state index >= 15 is 0 Å². The van der Waals surface area contributed by atoms with Crippen LogP contribution in [0.25, 0.3) is 0 Å². The van der Waals surface area contributed by atoms with Gasteiger partial charge in [-0.3, -0.25) is 0 Å². The molecule has 7 nitrogen and oxygen atoms in total. The molecule has 1 saturated heterocycles. The molecule has 0 spiro atoms. The zero-order valence-electron chi connectivity index (χ0n) is 9.93. The maximum absolute atomic E-state index is 10.7. The minimum Gasteiger partial charge on any atom is -0.478 e. The molecule has 1 heterocycles. The topological polar surface area (TPSA) is 119 Å². The van der Waals surface area contributed by atoms with E-state index in [1.165, 1.54) is 24.3 Å². The fraction of sp³-hybridized carbons (Fsp3) is 0.417. The summed E-state index contributed by atoms with van der Waals surface area (Å²) in [6, 6.07) is 5.87. The highest BCUT2D eigenvalue weighted by atomic mass is 16.6. The van der Waals surface area contributed by atoms with Gasteiger partial charge in [0.1, 0.15) is 18.3 Å². The van der Waals surface area contributed by atoms with Gasteiger partial charge in [-0.05, 0) is 24.3 Å². The highest BCUT2D eigenvalue weighted by Gasteiger charge is 2.42. The van der Waals surface area contributed by atoms with Crippen LogP contribution in [0.1, 0.15) is 10.4 Å². The van der Waals surface area contributed by atoms with Crippen LogP contribution in [0, 0.1) is 0 Å². The molecular weight excluding hydrogens is 254 g/mol. The van der Waals surface area contributed by atoms with Crippen LogP contribution < -0.4 is 5.32 Å². The van der Waals surface area contributed by atoms with Gasteiger partial charge < -0.3 is 30.5 Å². The summed E-state index contributed by atoms with van der Waals surface area (Å²) in [6.45, 7) is -0.394. The molecule has 0 unspecified atom stereocenters. The van der Waals surface area contributed by atoms with Crippen LogP contribution in [0.2, 0.25) is 0 Å². The lowest BCUT2D eigenvalue weighted by atomic mass is 10.1. The monoisotopic (exact) mass is 269 g/mol. The average molecular weight is 269 g/mol. The summed E-state index contributed by atoms with van der Waals surface area (Å²) in [5.41, 5.74) is 0.687. The van der Waals surface area contributed by atoms with E-state index in [0.29, 0.717) is 5.69 Å².